The second kappa shape index (κ2) is 8.45. The molecule has 0 bridgehead atoms. The van der Waals surface area contributed by atoms with Crippen molar-refractivity contribution in [2.24, 2.45) is 5.92 Å². The average molecular weight is 428 g/mol. The van der Waals surface area contributed by atoms with Crippen LogP contribution >= 0.6 is 27.5 Å². The minimum atomic E-state index is -0.814. The van der Waals surface area contributed by atoms with Crippen LogP contribution in [0.4, 0.5) is 10.1 Å². The Kier molecular flexibility index (Phi) is 6.56. The topological polar surface area (TPSA) is 58.2 Å². The van der Waals surface area contributed by atoms with Crippen LogP contribution in [0, 0.1) is 11.7 Å². The van der Waals surface area contributed by atoms with E-state index in [9.17, 15) is 14.0 Å². The molecule has 2 aromatic rings. The number of hydrogen-bond donors (Lipinski definition) is 2. The zero-order valence-corrected chi connectivity index (χ0v) is 16.0. The number of amides is 2. The van der Waals surface area contributed by atoms with Gasteiger partial charge in [-0.05, 0) is 48.4 Å². The number of carbonyl (C=O) groups is 2. The Labute approximate surface area is 158 Å². The van der Waals surface area contributed by atoms with Gasteiger partial charge in [-0.2, -0.15) is 0 Å². The number of halogens is 3. The summed E-state index contributed by atoms with van der Waals surface area (Å²) in [5, 5.41) is 5.71. The van der Waals surface area contributed by atoms with Crippen LogP contribution in [0.1, 0.15) is 24.2 Å². The van der Waals surface area contributed by atoms with E-state index in [1.165, 1.54) is 12.1 Å². The second-order valence-electron chi connectivity index (χ2n) is 5.82. The van der Waals surface area contributed by atoms with Crippen LogP contribution < -0.4 is 10.6 Å². The van der Waals surface area contributed by atoms with Crippen LogP contribution in [0.3, 0.4) is 0 Å². The Morgan fingerprint density at radius 3 is 2.32 bits per heavy atom. The van der Waals surface area contributed by atoms with Crippen molar-refractivity contribution in [2.75, 3.05) is 5.32 Å². The maximum Gasteiger partial charge on any atom is 0.251 e. The molecule has 0 aliphatic rings. The van der Waals surface area contributed by atoms with Crippen molar-refractivity contribution in [1.82, 2.24) is 5.32 Å². The van der Waals surface area contributed by atoms with Crippen molar-refractivity contribution in [3.8, 4) is 0 Å². The lowest BCUT2D eigenvalue weighted by molar-refractivity contribution is -0.118. The predicted molar refractivity (Wildman–Crippen MR) is 100 cm³/mol. The minimum absolute atomic E-state index is 0.0552. The van der Waals surface area contributed by atoms with E-state index in [1.54, 1.807) is 44.2 Å². The molecule has 0 aliphatic heterocycles. The van der Waals surface area contributed by atoms with Gasteiger partial charge in [0.15, 0.2) is 0 Å². The van der Waals surface area contributed by atoms with E-state index in [0.717, 1.165) is 0 Å². The van der Waals surface area contributed by atoms with Crippen LogP contribution in [0.25, 0.3) is 0 Å². The molecule has 0 heterocycles. The zero-order chi connectivity index (χ0) is 18.6. The molecule has 0 aromatic heterocycles. The molecule has 1 unspecified atom stereocenters. The van der Waals surface area contributed by atoms with Gasteiger partial charge in [0.05, 0.1) is 5.69 Å². The molecule has 2 aromatic carbocycles. The Hall–Kier alpha value is -1.92. The molecule has 0 aliphatic carbocycles. The molecule has 2 rings (SSSR count). The number of anilines is 1. The predicted octanol–water partition coefficient (Wildman–Crippen LogP) is 4.63. The van der Waals surface area contributed by atoms with Gasteiger partial charge in [0.1, 0.15) is 11.9 Å². The molecule has 0 radical (unpaired) electrons. The summed E-state index contributed by atoms with van der Waals surface area (Å²) in [4.78, 5) is 24.8. The van der Waals surface area contributed by atoms with Crippen LogP contribution in [0.15, 0.2) is 46.9 Å². The van der Waals surface area contributed by atoms with Crippen molar-refractivity contribution in [3.63, 3.8) is 0 Å². The molecule has 0 fully saturated rings. The fourth-order valence-corrected chi connectivity index (χ4v) is 2.62. The molecular formula is C18H17BrClFN2O2. The summed E-state index contributed by atoms with van der Waals surface area (Å²) >= 11 is 8.96. The van der Waals surface area contributed by atoms with Gasteiger partial charge in [0.2, 0.25) is 5.91 Å². The monoisotopic (exact) mass is 426 g/mol. The summed E-state index contributed by atoms with van der Waals surface area (Å²) in [5.41, 5.74) is 0.442. The summed E-state index contributed by atoms with van der Waals surface area (Å²) in [6, 6.07) is 9.85. The first-order chi connectivity index (χ1) is 11.8. The van der Waals surface area contributed by atoms with Gasteiger partial charge < -0.3 is 10.6 Å². The number of nitrogens with one attached hydrogen (secondary N) is 2. The molecule has 0 saturated heterocycles. The summed E-state index contributed by atoms with van der Waals surface area (Å²) in [5.74, 6) is -1.63. The standard InChI is InChI=1S/C18H17BrClFN2O2/c1-10(2)16(23-17(24)11-3-6-13(20)7-4-11)18(25)22-15-8-5-12(19)9-14(15)21/h3-10,16H,1-2H3,(H,22,25)(H,23,24). The van der Waals surface area contributed by atoms with E-state index < -0.39 is 23.7 Å². The summed E-state index contributed by atoms with van der Waals surface area (Å²) in [6.07, 6.45) is 0. The Morgan fingerprint density at radius 2 is 1.76 bits per heavy atom. The Balaban J connectivity index is 2.12. The lowest BCUT2D eigenvalue weighted by atomic mass is 10.0. The van der Waals surface area contributed by atoms with Crippen molar-refractivity contribution in [3.05, 3.63) is 63.3 Å². The molecule has 0 spiro atoms. The maximum atomic E-state index is 13.9. The van der Waals surface area contributed by atoms with E-state index in [1.807, 2.05) is 0 Å². The molecular weight excluding hydrogens is 411 g/mol. The Morgan fingerprint density at radius 1 is 1.12 bits per heavy atom. The minimum Gasteiger partial charge on any atom is -0.340 e. The lowest BCUT2D eigenvalue weighted by Crippen LogP contribution is -2.47. The maximum absolute atomic E-state index is 13.9. The molecule has 1 atom stereocenters. The fourth-order valence-electron chi connectivity index (χ4n) is 2.16. The molecule has 2 N–H and O–H groups in total. The third kappa shape index (κ3) is 5.28. The van der Waals surface area contributed by atoms with Gasteiger partial charge in [-0.15, -0.1) is 0 Å². The van der Waals surface area contributed by atoms with Gasteiger partial charge in [-0.1, -0.05) is 41.4 Å². The number of hydrogen-bond acceptors (Lipinski definition) is 2. The molecule has 4 nitrogen and oxygen atoms in total. The number of rotatable bonds is 5. The van der Waals surface area contributed by atoms with Crippen LogP contribution in [-0.2, 0) is 4.79 Å². The Bertz CT molecular complexity index is 781. The summed E-state index contributed by atoms with van der Waals surface area (Å²) in [7, 11) is 0. The summed E-state index contributed by atoms with van der Waals surface area (Å²) in [6.45, 7) is 3.59. The first kappa shape index (κ1) is 19.4. The van der Waals surface area contributed by atoms with Crippen molar-refractivity contribution < 1.29 is 14.0 Å². The SMILES string of the molecule is CC(C)C(NC(=O)c1ccc(Cl)cc1)C(=O)Nc1ccc(Br)cc1F. The quantitative estimate of drug-likeness (QED) is 0.730. The highest BCUT2D eigenvalue weighted by atomic mass is 79.9. The highest BCUT2D eigenvalue weighted by Gasteiger charge is 2.25. The first-order valence-corrected chi connectivity index (χ1v) is 8.77. The molecule has 2 amide bonds. The first-order valence-electron chi connectivity index (χ1n) is 7.60. The zero-order valence-electron chi connectivity index (χ0n) is 13.6. The third-order valence-corrected chi connectivity index (χ3v) is 4.28. The number of carbonyl (C=O) groups excluding carboxylic acids is 2. The normalized spacial score (nSPS) is 11.9. The van der Waals surface area contributed by atoms with Gasteiger partial charge in [0.25, 0.3) is 5.91 Å². The van der Waals surface area contributed by atoms with Crippen LogP contribution in [0.2, 0.25) is 5.02 Å². The van der Waals surface area contributed by atoms with Crippen LogP contribution in [-0.4, -0.2) is 17.9 Å². The van der Waals surface area contributed by atoms with Crippen molar-refractivity contribution in [1.29, 1.82) is 0 Å². The molecule has 132 valence electrons. The van der Waals surface area contributed by atoms with E-state index >= 15 is 0 Å². The van der Waals surface area contributed by atoms with Crippen molar-refractivity contribution in [2.45, 2.75) is 19.9 Å². The van der Waals surface area contributed by atoms with Gasteiger partial charge >= 0.3 is 0 Å². The van der Waals surface area contributed by atoms with E-state index in [-0.39, 0.29) is 11.6 Å². The van der Waals surface area contributed by atoms with E-state index in [2.05, 4.69) is 26.6 Å². The van der Waals surface area contributed by atoms with E-state index in [4.69, 9.17) is 11.6 Å². The van der Waals surface area contributed by atoms with E-state index in [0.29, 0.717) is 15.1 Å². The van der Waals surface area contributed by atoms with Gasteiger partial charge in [0, 0.05) is 15.1 Å². The average Bonchev–Trinajstić information content (AvgIpc) is 2.55. The molecule has 0 saturated carbocycles. The fraction of sp³-hybridized carbons (Fsp3) is 0.222. The van der Waals surface area contributed by atoms with Crippen LogP contribution in [0.5, 0.6) is 0 Å². The van der Waals surface area contributed by atoms with Gasteiger partial charge in [-0.3, -0.25) is 9.59 Å². The smallest absolute Gasteiger partial charge is 0.251 e. The molecule has 7 heteroatoms. The van der Waals surface area contributed by atoms with Gasteiger partial charge in [-0.25, -0.2) is 4.39 Å². The molecule has 25 heavy (non-hydrogen) atoms. The number of benzene rings is 2. The second-order valence-corrected chi connectivity index (χ2v) is 7.17. The highest BCUT2D eigenvalue weighted by Crippen LogP contribution is 2.20. The summed E-state index contributed by atoms with van der Waals surface area (Å²) < 4.78 is 14.5. The largest absolute Gasteiger partial charge is 0.340 e. The highest BCUT2D eigenvalue weighted by molar-refractivity contribution is 9.10. The lowest BCUT2D eigenvalue weighted by Gasteiger charge is -2.22. The van der Waals surface area contributed by atoms with Crippen molar-refractivity contribution >= 4 is 45.0 Å². The third-order valence-electron chi connectivity index (χ3n) is 3.53.